The summed E-state index contributed by atoms with van der Waals surface area (Å²) in [6, 6.07) is 2.91. The van der Waals surface area contributed by atoms with Crippen molar-refractivity contribution in [2.75, 3.05) is 20.6 Å². The van der Waals surface area contributed by atoms with Gasteiger partial charge in [0.05, 0.1) is 23.8 Å². The highest BCUT2D eigenvalue weighted by molar-refractivity contribution is 5.92. The Morgan fingerprint density at radius 2 is 2.11 bits per heavy atom. The summed E-state index contributed by atoms with van der Waals surface area (Å²) in [5.74, 6) is -0.722. The van der Waals surface area contributed by atoms with E-state index in [0.717, 1.165) is 0 Å². The summed E-state index contributed by atoms with van der Waals surface area (Å²) in [5, 5.41) is 11.3. The Labute approximate surface area is 111 Å². The number of carbonyl (C=O) groups is 2. The number of nitrogens with zero attached hydrogens (tertiary/aromatic N) is 2. The van der Waals surface area contributed by atoms with Crippen molar-refractivity contribution in [1.29, 1.82) is 0 Å². The molecule has 0 saturated heterocycles. The Balaban J connectivity index is 2.65. The van der Waals surface area contributed by atoms with Crippen LogP contribution in [0.4, 0.5) is 0 Å². The van der Waals surface area contributed by atoms with E-state index in [1.807, 2.05) is 21.0 Å². The maximum Gasteiger partial charge on any atom is 0.276 e. The first-order chi connectivity index (χ1) is 8.93. The van der Waals surface area contributed by atoms with Crippen LogP contribution in [0.25, 0.3) is 0 Å². The highest BCUT2D eigenvalue weighted by Gasteiger charge is 2.12. The molecule has 0 aromatic carbocycles. The van der Waals surface area contributed by atoms with Gasteiger partial charge in [-0.3, -0.25) is 19.8 Å². The van der Waals surface area contributed by atoms with E-state index in [9.17, 15) is 9.59 Å². The molecule has 0 saturated carbocycles. The van der Waals surface area contributed by atoms with Crippen LogP contribution in [0.1, 0.15) is 29.0 Å². The molecule has 1 aromatic heterocycles. The van der Waals surface area contributed by atoms with Crippen molar-refractivity contribution >= 4 is 11.8 Å². The Kier molecular flexibility index (Phi) is 5.40. The van der Waals surface area contributed by atoms with Gasteiger partial charge in [0.25, 0.3) is 5.91 Å². The summed E-state index contributed by atoms with van der Waals surface area (Å²) in [5.41, 5.74) is 2.42. The molecule has 0 radical (unpaired) electrons. The van der Waals surface area contributed by atoms with Crippen molar-refractivity contribution < 1.29 is 14.8 Å². The lowest BCUT2D eigenvalue weighted by Gasteiger charge is -2.15. The summed E-state index contributed by atoms with van der Waals surface area (Å²) in [6.45, 7) is 2.11. The number of likely N-dealkylation sites (N-methyl/N-ethyl adjacent to an activating group) is 1. The molecular formula is C12H18N4O3. The summed E-state index contributed by atoms with van der Waals surface area (Å²) in [7, 11) is 3.62. The summed E-state index contributed by atoms with van der Waals surface area (Å²) in [6.07, 6.45) is 1.34. The van der Waals surface area contributed by atoms with Crippen molar-refractivity contribution in [3.8, 4) is 0 Å². The molecule has 1 heterocycles. The molecule has 104 valence electrons. The van der Waals surface area contributed by atoms with Gasteiger partial charge in [-0.2, -0.15) is 0 Å². The second-order valence-electron chi connectivity index (χ2n) is 4.44. The number of hydroxylamine groups is 1. The first-order valence-electron chi connectivity index (χ1n) is 5.78. The fourth-order valence-corrected chi connectivity index (χ4v) is 1.51. The van der Waals surface area contributed by atoms with Crippen LogP contribution in [-0.4, -0.2) is 47.5 Å². The van der Waals surface area contributed by atoms with Crippen molar-refractivity contribution in [1.82, 2.24) is 20.7 Å². The van der Waals surface area contributed by atoms with E-state index in [-0.39, 0.29) is 17.5 Å². The number of carbonyl (C=O) groups excluding carboxylic acids is 2. The number of aromatic nitrogens is 1. The molecule has 0 fully saturated rings. The van der Waals surface area contributed by atoms with E-state index in [0.29, 0.717) is 12.2 Å². The predicted molar refractivity (Wildman–Crippen MR) is 68.6 cm³/mol. The predicted octanol–water partition coefficient (Wildman–Crippen LogP) is -0.0606. The SMILES string of the molecule is CC(NC(=O)CN(C)C)c1ccc(C(=O)NO)cn1. The first kappa shape index (κ1) is 15.1. The zero-order valence-electron chi connectivity index (χ0n) is 11.2. The van der Waals surface area contributed by atoms with Crippen LogP contribution in [0.15, 0.2) is 18.3 Å². The fraction of sp³-hybridized carbons (Fsp3) is 0.417. The Morgan fingerprint density at radius 1 is 1.42 bits per heavy atom. The molecule has 1 atom stereocenters. The molecule has 0 aliphatic heterocycles. The Bertz CT molecular complexity index is 445. The highest BCUT2D eigenvalue weighted by atomic mass is 16.5. The van der Waals surface area contributed by atoms with Gasteiger partial charge < -0.3 is 10.2 Å². The molecule has 7 heteroatoms. The van der Waals surface area contributed by atoms with E-state index in [4.69, 9.17) is 5.21 Å². The molecular weight excluding hydrogens is 248 g/mol. The van der Waals surface area contributed by atoms with E-state index < -0.39 is 5.91 Å². The topological polar surface area (TPSA) is 94.6 Å². The number of nitrogens with one attached hydrogen (secondary N) is 2. The number of hydrogen-bond donors (Lipinski definition) is 3. The monoisotopic (exact) mass is 266 g/mol. The van der Waals surface area contributed by atoms with Crippen LogP contribution < -0.4 is 10.8 Å². The quantitative estimate of drug-likeness (QED) is 0.512. The Morgan fingerprint density at radius 3 is 2.58 bits per heavy atom. The summed E-state index contributed by atoms with van der Waals surface area (Å²) in [4.78, 5) is 28.5. The molecule has 2 amide bonds. The third-order valence-corrected chi connectivity index (χ3v) is 2.43. The lowest BCUT2D eigenvalue weighted by Crippen LogP contribution is -2.35. The highest BCUT2D eigenvalue weighted by Crippen LogP contribution is 2.09. The van der Waals surface area contributed by atoms with Gasteiger partial charge in [0.15, 0.2) is 0 Å². The van der Waals surface area contributed by atoms with Crippen LogP contribution in [0, 0.1) is 0 Å². The van der Waals surface area contributed by atoms with Gasteiger partial charge in [0.1, 0.15) is 0 Å². The smallest absolute Gasteiger partial charge is 0.276 e. The molecule has 1 rings (SSSR count). The van der Waals surface area contributed by atoms with Gasteiger partial charge in [0.2, 0.25) is 5.91 Å². The number of amides is 2. The molecule has 3 N–H and O–H groups in total. The third-order valence-electron chi connectivity index (χ3n) is 2.43. The third kappa shape index (κ3) is 4.65. The lowest BCUT2D eigenvalue weighted by atomic mass is 10.2. The van der Waals surface area contributed by atoms with E-state index in [1.165, 1.54) is 17.7 Å². The summed E-state index contributed by atoms with van der Waals surface area (Å²) < 4.78 is 0. The maximum atomic E-state index is 11.6. The molecule has 1 aromatic rings. The number of pyridine rings is 1. The van der Waals surface area contributed by atoms with Crippen LogP contribution in [0.3, 0.4) is 0 Å². The Hall–Kier alpha value is -1.99. The van der Waals surface area contributed by atoms with Gasteiger partial charge >= 0.3 is 0 Å². The molecule has 0 spiro atoms. The molecule has 7 nitrogen and oxygen atoms in total. The number of rotatable bonds is 5. The van der Waals surface area contributed by atoms with E-state index in [1.54, 1.807) is 11.0 Å². The minimum absolute atomic E-state index is 0.100. The van der Waals surface area contributed by atoms with Gasteiger partial charge in [0, 0.05) is 6.20 Å². The second kappa shape index (κ2) is 6.81. The molecule has 0 aliphatic carbocycles. The second-order valence-corrected chi connectivity index (χ2v) is 4.44. The summed E-state index contributed by atoms with van der Waals surface area (Å²) >= 11 is 0. The normalized spacial score (nSPS) is 12.1. The average molecular weight is 266 g/mol. The van der Waals surface area contributed by atoms with E-state index >= 15 is 0 Å². The van der Waals surface area contributed by atoms with E-state index in [2.05, 4.69) is 10.3 Å². The average Bonchev–Trinajstić information content (AvgIpc) is 2.36. The zero-order chi connectivity index (χ0) is 14.4. The van der Waals surface area contributed by atoms with Crippen LogP contribution in [0.5, 0.6) is 0 Å². The van der Waals surface area contributed by atoms with Crippen LogP contribution in [0.2, 0.25) is 0 Å². The van der Waals surface area contributed by atoms with Crippen molar-refractivity contribution in [3.63, 3.8) is 0 Å². The zero-order valence-corrected chi connectivity index (χ0v) is 11.2. The molecule has 19 heavy (non-hydrogen) atoms. The van der Waals surface area contributed by atoms with Gasteiger partial charge in [-0.25, -0.2) is 5.48 Å². The van der Waals surface area contributed by atoms with Crippen LogP contribution in [-0.2, 0) is 4.79 Å². The van der Waals surface area contributed by atoms with Gasteiger partial charge in [-0.15, -0.1) is 0 Å². The van der Waals surface area contributed by atoms with Crippen LogP contribution >= 0.6 is 0 Å². The van der Waals surface area contributed by atoms with Crippen molar-refractivity contribution in [2.24, 2.45) is 0 Å². The minimum atomic E-state index is -0.622. The molecule has 1 unspecified atom stereocenters. The van der Waals surface area contributed by atoms with Gasteiger partial charge in [-0.05, 0) is 33.2 Å². The molecule has 0 aliphatic rings. The van der Waals surface area contributed by atoms with Crippen molar-refractivity contribution in [3.05, 3.63) is 29.6 Å². The first-order valence-corrected chi connectivity index (χ1v) is 5.78. The van der Waals surface area contributed by atoms with Crippen molar-refractivity contribution in [2.45, 2.75) is 13.0 Å². The lowest BCUT2D eigenvalue weighted by molar-refractivity contribution is -0.122. The fourth-order valence-electron chi connectivity index (χ4n) is 1.51. The largest absolute Gasteiger partial charge is 0.347 e. The molecule has 0 bridgehead atoms. The minimum Gasteiger partial charge on any atom is -0.347 e. The van der Waals surface area contributed by atoms with Gasteiger partial charge in [-0.1, -0.05) is 0 Å². The maximum absolute atomic E-state index is 11.6. The standard InChI is InChI=1S/C12H18N4O3/c1-8(14-11(17)7-16(2)3)10-5-4-9(6-13-10)12(18)15-19/h4-6,8,19H,7H2,1-3H3,(H,14,17)(H,15,18). The number of hydrogen-bond acceptors (Lipinski definition) is 5.